The molecule has 0 amide bonds. The van der Waals surface area contributed by atoms with Crippen LogP contribution >= 0.6 is 0 Å². The molecular formula is C18H17FN3O2SY-. The molecule has 3 aromatic rings. The molecular weight excluding hydrogens is 430 g/mol. The molecule has 0 saturated heterocycles. The largest absolute Gasteiger partial charge is 0.351 e. The van der Waals surface area contributed by atoms with Crippen LogP contribution in [0.4, 0.5) is 10.1 Å². The quantitative estimate of drug-likeness (QED) is 0.380. The number of hydrogen-bond acceptors (Lipinski definition) is 3. The molecule has 8 heteroatoms. The van der Waals surface area contributed by atoms with Crippen molar-refractivity contribution in [2.75, 3.05) is 11.0 Å². The van der Waals surface area contributed by atoms with Gasteiger partial charge in [-0.1, -0.05) is 12.3 Å². The summed E-state index contributed by atoms with van der Waals surface area (Å²) >= 11 is 0. The number of anilines is 1. The van der Waals surface area contributed by atoms with Crippen LogP contribution in [-0.4, -0.2) is 31.7 Å². The Bertz CT molecular complexity index is 1110. The minimum Gasteiger partial charge on any atom is -0.351 e. The van der Waals surface area contributed by atoms with E-state index >= 15 is 0 Å². The summed E-state index contributed by atoms with van der Waals surface area (Å²) in [4.78, 5) is 17.2. The van der Waals surface area contributed by atoms with E-state index in [0.717, 1.165) is 0 Å². The van der Waals surface area contributed by atoms with E-state index in [1.807, 2.05) is 0 Å². The van der Waals surface area contributed by atoms with Crippen molar-refractivity contribution in [1.29, 1.82) is 0 Å². The minimum absolute atomic E-state index is 0. The van der Waals surface area contributed by atoms with Gasteiger partial charge < -0.3 is 9.29 Å². The van der Waals surface area contributed by atoms with E-state index in [2.05, 4.69) is 21.6 Å². The standard InChI is InChI=1S/C18H17FN3O2S.Y/c1-11-7-8-14(21-25(3,4)24)16(19)15(11)17(23)13-10-22(2)18-12(13)6-5-9-20-18;/h6-10H,3H2,1-2,4H3,(H,21,24);/q-1;. The van der Waals surface area contributed by atoms with Crippen LogP contribution in [0.15, 0.2) is 30.6 Å². The van der Waals surface area contributed by atoms with Gasteiger partial charge in [-0.25, -0.2) is 20.7 Å². The van der Waals surface area contributed by atoms with Crippen LogP contribution in [0.5, 0.6) is 0 Å². The number of rotatable bonds is 4. The Hall–Kier alpha value is -1.57. The summed E-state index contributed by atoms with van der Waals surface area (Å²) in [5.74, 6) is 2.25. The van der Waals surface area contributed by atoms with Crippen LogP contribution in [0, 0.1) is 18.8 Å². The molecule has 26 heavy (non-hydrogen) atoms. The van der Waals surface area contributed by atoms with Gasteiger partial charge in [0.05, 0.1) is 16.9 Å². The number of aromatic nitrogens is 2. The number of pyridine rings is 1. The van der Waals surface area contributed by atoms with Gasteiger partial charge >= 0.3 is 0 Å². The van der Waals surface area contributed by atoms with Gasteiger partial charge in [-0.2, -0.15) is 0 Å². The molecule has 3 rings (SSSR count). The molecule has 133 valence electrons. The third kappa shape index (κ3) is 3.90. The molecule has 5 nitrogen and oxygen atoms in total. The van der Waals surface area contributed by atoms with E-state index < -0.39 is 21.3 Å². The molecule has 0 bridgehead atoms. The van der Waals surface area contributed by atoms with Crippen molar-refractivity contribution < 1.29 is 46.1 Å². The van der Waals surface area contributed by atoms with Crippen molar-refractivity contribution in [3.05, 3.63) is 59.2 Å². The molecule has 0 spiro atoms. The number of nitrogens with one attached hydrogen (secondary N) is 1. The maximum Gasteiger partial charge on any atom is 0.180 e. The van der Waals surface area contributed by atoms with Gasteiger partial charge in [0, 0.05) is 55.7 Å². The number of benzene rings is 1. The number of halogens is 1. The van der Waals surface area contributed by atoms with E-state index in [9.17, 15) is 13.4 Å². The van der Waals surface area contributed by atoms with Crippen molar-refractivity contribution in [3.8, 4) is 0 Å². The van der Waals surface area contributed by atoms with E-state index in [-0.39, 0.29) is 44.0 Å². The molecule has 1 N–H and O–H groups in total. The van der Waals surface area contributed by atoms with Crippen LogP contribution in [0.3, 0.4) is 0 Å². The summed E-state index contributed by atoms with van der Waals surface area (Å²) in [5.41, 5.74) is 1.37. The van der Waals surface area contributed by atoms with E-state index in [0.29, 0.717) is 22.2 Å². The summed E-state index contributed by atoms with van der Waals surface area (Å²) in [6.07, 6.45) is 4.50. The first kappa shape index (κ1) is 20.7. The number of carbonyl (C=O) groups is 1. The van der Waals surface area contributed by atoms with Gasteiger partial charge in [0.1, 0.15) is 0 Å². The second kappa shape index (κ2) is 7.58. The maximum atomic E-state index is 14.9. The van der Waals surface area contributed by atoms with Crippen LogP contribution < -0.4 is 4.72 Å². The molecule has 1 atom stereocenters. The molecule has 0 aliphatic heterocycles. The number of nitrogens with zero attached hydrogens (tertiary/aromatic N) is 2. The smallest absolute Gasteiger partial charge is 0.180 e. The van der Waals surface area contributed by atoms with Crippen molar-refractivity contribution in [3.63, 3.8) is 0 Å². The molecule has 0 aliphatic carbocycles. The van der Waals surface area contributed by atoms with E-state index in [1.165, 1.54) is 18.5 Å². The van der Waals surface area contributed by atoms with Gasteiger partial charge in [0.25, 0.3) is 0 Å². The molecule has 0 fully saturated rings. The third-order valence-electron chi connectivity index (χ3n) is 3.82. The van der Waals surface area contributed by atoms with Crippen molar-refractivity contribution >= 4 is 38.1 Å². The monoisotopic (exact) mass is 447 g/mol. The first-order chi connectivity index (χ1) is 11.7. The Balaban J connectivity index is 0.00000243. The Morgan fingerprint density at radius 3 is 2.77 bits per heavy atom. The summed E-state index contributed by atoms with van der Waals surface area (Å²) in [6.45, 7) is 1.66. The maximum absolute atomic E-state index is 14.9. The van der Waals surface area contributed by atoms with Crippen molar-refractivity contribution in [1.82, 2.24) is 9.55 Å². The molecule has 0 saturated carbocycles. The fourth-order valence-electron chi connectivity index (χ4n) is 2.74. The number of hydrogen-bond donors (Lipinski definition) is 1. The zero-order chi connectivity index (χ0) is 18.4. The van der Waals surface area contributed by atoms with Crippen molar-refractivity contribution in [2.24, 2.45) is 7.05 Å². The van der Waals surface area contributed by atoms with Gasteiger partial charge in [-0.05, 0) is 36.2 Å². The molecule has 0 aliphatic rings. The van der Waals surface area contributed by atoms with Gasteiger partial charge in [0.2, 0.25) is 0 Å². The Kier molecular flexibility index (Phi) is 6.05. The van der Waals surface area contributed by atoms with Gasteiger partial charge in [-0.15, -0.1) is 5.39 Å². The topological polar surface area (TPSA) is 64.0 Å². The van der Waals surface area contributed by atoms with Crippen LogP contribution in [-0.2, 0) is 49.5 Å². The van der Waals surface area contributed by atoms with Crippen LogP contribution in [0.2, 0.25) is 0 Å². The molecule has 1 aromatic carbocycles. The molecule has 2 aromatic heterocycles. The molecule has 1 unspecified atom stereocenters. The van der Waals surface area contributed by atoms with E-state index in [1.54, 1.807) is 36.9 Å². The number of carbonyl (C=O) groups excluding carboxylic acids is 1. The summed E-state index contributed by atoms with van der Waals surface area (Å²) in [5, 5.41) is 0.601. The normalized spacial score (nSPS) is 13.1. The number of ketones is 1. The minimum atomic E-state index is -2.67. The zero-order valence-electron chi connectivity index (χ0n) is 14.7. The summed E-state index contributed by atoms with van der Waals surface area (Å²) in [6, 6.07) is 7.55. The second-order valence-electron chi connectivity index (χ2n) is 6.02. The predicted octanol–water partition coefficient (Wildman–Crippen LogP) is 2.72. The summed E-state index contributed by atoms with van der Waals surface area (Å²) < 4.78 is 31.0. The second-order valence-corrected chi connectivity index (χ2v) is 8.23. The van der Waals surface area contributed by atoms with Crippen LogP contribution in [0.25, 0.3) is 11.0 Å². The van der Waals surface area contributed by atoms with E-state index in [4.69, 9.17) is 0 Å². The SMILES string of the molecule is C=S(C)(=O)Nc1ccc(C)c(C(=O)c2cn(C)c3nc[c-]cc23)c1F.[Y]. The third-order valence-corrected chi connectivity index (χ3v) is 4.48. The average Bonchev–Trinajstić information content (AvgIpc) is 2.87. The fraction of sp³-hybridized carbons (Fsp3) is 0.167. The Morgan fingerprint density at radius 1 is 1.42 bits per heavy atom. The summed E-state index contributed by atoms with van der Waals surface area (Å²) in [7, 11) is -0.904. The number of aryl methyl sites for hydroxylation is 2. The van der Waals surface area contributed by atoms with Crippen LogP contribution in [0.1, 0.15) is 21.5 Å². The average molecular weight is 447 g/mol. The van der Waals surface area contributed by atoms with Gasteiger partial charge in [0.15, 0.2) is 11.6 Å². The zero-order valence-corrected chi connectivity index (χ0v) is 18.3. The number of fused-ring (bicyclic) bond motifs is 1. The molecule has 1 radical (unpaired) electrons. The fourth-order valence-corrected chi connectivity index (χ4v) is 3.36. The first-order valence-corrected chi connectivity index (χ1v) is 9.57. The molecule has 2 heterocycles. The predicted molar refractivity (Wildman–Crippen MR) is 98.9 cm³/mol. The Morgan fingerprint density at radius 2 is 2.12 bits per heavy atom. The Labute approximate surface area is 177 Å². The van der Waals surface area contributed by atoms with Gasteiger partial charge in [-0.3, -0.25) is 9.78 Å². The first-order valence-electron chi connectivity index (χ1n) is 7.44. The van der Waals surface area contributed by atoms with Crippen molar-refractivity contribution in [2.45, 2.75) is 6.92 Å².